The van der Waals surface area contributed by atoms with Gasteiger partial charge in [0.2, 0.25) is 0 Å². The topological polar surface area (TPSA) is 67.9 Å². The van der Waals surface area contributed by atoms with Crippen LogP contribution in [0.5, 0.6) is 5.75 Å². The molecule has 0 aliphatic rings. The van der Waals surface area contributed by atoms with E-state index in [-0.39, 0.29) is 11.9 Å². The molecule has 1 aromatic carbocycles. The van der Waals surface area contributed by atoms with E-state index in [1.54, 1.807) is 64.1 Å². The molecule has 128 valence electrons. The Morgan fingerprint density at radius 1 is 1.30 bits per heavy atom. The van der Waals surface area contributed by atoms with Gasteiger partial charge in [0, 0.05) is 25.2 Å². The standard InChI is InChI=1S/C17H26N2O4/c1-12(18-16(21)23-17(2,3)4)11-19(5)15(20)13-8-7-9-14(10-13)22-6/h7-10,12H,11H2,1-6H3,(H,18,21)/t12-/m0/s1. The summed E-state index contributed by atoms with van der Waals surface area (Å²) in [5, 5.41) is 2.72. The summed E-state index contributed by atoms with van der Waals surface area (Å²) in [7, 11) is 3.25. The molecule has 0 saturated heterocycles. The van der Waals surface area contributed by atoms with Crippen LogP contribution in [-0.4, -0.2) is 49.2 Å². The van der Waals surface area contributed by atoms with Gasteiger partial charge in [-0.3, -0.25) is 4.79 Å². The number of rotatable bonds is 5. The number of carbonyl (C=O) groups is 2. The molecule has 6 nitrogen and oxygen atoms in total. The summed E-state index contributed by atoms with van der Waals surface area (Å²) in [6.45, 7) is 7.59. The molecule has 6 heteroatoms. The molecule has 0 spiro atoms. The molecular formula is C17H26N2O4. The van der Waals surface area contributed by atoms with E-state index in [0.717, 1.165) is 0 Å². The number of amides is 2. The normalized spacial score (nSPS) is 12.3. The Morgan fingerprint density at radius 2 is 1.96 bits per heavy atom. The molecule has 1 atom stereocenters. The van der Waals surface area contributed by atoms with Crippen molar-refractivity contribution in [1.29, 1.82) is 0 Å². The van der Waals surface area contributed by atoms with Crippen molar-refractivity contribution in [3.63, 3.8) is 0 Å². The van der Waals surface area contributed by atoms with Crippen LogP contribution >= 0.6 is 0 Å². The van der Waals surface area contributed by atoms with Gasteiger partial charge in [0.25, 0.3) is 5.91 Å². The van der Waals surface area contributed by atoms with Gasteiger partial charge in [-0.2, -0.15) is 0 Å². The molecule has 0 bridgehead atoms. The number of alkyl carbamates (subject to hydrolysis) is 1. The minimum Gasteiger partial charge on any atom is -0.497 e. The molecule has 1 aromatic rings. The highest BCUT2D eigenvalue weighted by Crippen LogP contribution is 2.14. The first-order valence-electron chi connectivity index (χ1n) is 7.51. The Hall–Kier alpha value is -2.24. The Labute approximate surface area is 137 Å². The van der Waals surface area contributed by atoms with Gasteiger partial charge in [-0.25, -0.2) is 4.79 Å². The number of ether oxygens (including phenoxy) is 2. The lowest BCUT2D eigenvalue weighted by molar-refractivity contribution is 0.0491. The van der Waals surface area contributed by atoms with Crippen molar-refractivity contribution >= 4 is 12.0 Å². The van der Waals surface area contributed by atoms with Crippen molar-refractivity contribution in [2.75, 3.05) is 20.7 Å². The number of methoxy groups -OCH3 is 1. The van der Waals surface area contributed by atoms with Gasteiger partial charge in [-0.15, -0.1) is 0 Å². The highest BCUT2D eigenvalue weighted by molar-refractivity contribution is 5.94. The lowest BCUT2D eigenvalue weighted by Crippen LogP contribution is -2.44. The lowest BCUT2D eigenvalue weighted by atomic mass is 10.2. The van der Waals surface area contributed by atoms with Crippen LogP contribution in [0.15, 0.2) is 24.3 Å². The molecular weight excluding hydrogens is 296 g/mol. The molecule has 0 saturated carbocycles. The average Bonchev–Trinajstić information content (AvgIpc) is 2.44. The number of nitrogens with one attached hydrogen (secondary N) is 1. The molecule has 23 heavy (non-hydrogen) atoms. The van der Waals surface area contributed by atoms with Gasteiger partial charge in [0.1, 0.15) is 11.4 Å². The summed E-state index contributed by atoms with van der Waals surface area (Å²) >= 11 is 0. The van der Waals surface area contributed by atoms with Crippen LogP contribution in [0.4, 0.5) is 4.79 Å². The van der Waals surface area contributed by atoms with Crippen molar-refractivity contribution < 1.29 is 19.1 Å². The molecule has 1 rings (SSSR count). The Balaban J connectivity index is 2.58. The number of hydrogen-bond acceptors (Lipinski definition) is 4. The van der Waals surface area contributed by atoms with Crippen LogP contribution in [0, 0.1) is 0 Å². The van der Waals surface area contributed by atoms with Crippen molar-refractivity contribution in [1.82, 2.24) is 10.2 Å². The third-order valence-electron chi connectivity index (χ3n) is 2.97. The summed E-state index contributed by atoms with van der Waals surface area (Å²) in [5.74, 6) is 0.492. The van der Waals surface area contributed by atoms with Crippen molar-refractivity contribution in [2.45, 2.75) is 39.3 Å². The zero-order valence-electron chi connectivity index (χ0n) is 14.7. The first kappa shape index (κ1) is 18.8. The monoisotopic (exact) mass is 322 g/mol. The van der Waals surface area contributed by atoms with E-state index < -0.39 is 11.7 Å². The molecule has 0 fully saturated rings. The molecule has 0 aliphatic heterocycles. The van der Waals surface area contributed by atoms with E-state index in [9.17, 15) is 9.59 Å². The molecule has 0 aliphatic carbocycles. The SMILES string of the molecule is COc1cccc(C(=O)N(C)C[C@H](C)NC(=O)OC(C)(C)C)c1. The summed E-state index contributed by atoms with van der Waals surface area (Å²) < 4.78 is 10.3. The maximum absolute atomic E-state index is 12.4. The fourth-order valence-electron chi connectivity index (χ4n) is 2.02. The summed E-state index contributed by atoms with van der Waals surface area (Å²) in [6, 6.07) is 6.73. The molecule has 0 aromatic heterocycles. The van der Waals surface area contributed by atoms with Crippen LogP contribution in [-0.2, 0) is 4.74 Å². The second kappa shape index (κ2) is 7.85. The van der Waals surface area contributed by atoms with Crippen molar-refractivity contribution in [3.05, 3.63) is 29.8 Å². The lowest BCUT2D eigenvalue weighted by Gasteiger charge is -2.25. The predicted molar refractivity (Wildman–Crippen MR) is 88.8 cm³/mol. The smallest absolute Gasteiger partial charge is 0.407 e. The number of hydrogen-bond donors (Lipinski definition) is 1. The van der Waals surface area contributed by atoms with Crippen LogP contribution in [0.2, 0.25) is 0 Å². The number of nitrogens with zero attached hydrogens (tertiary/aromatic N) is 1. The van der Waals surface area contributed by atoms with E-state index >= 15 is 0 Å². The van der Waals surface area contributed by atoms with E-state index in [4.69, 9.17) is 9.47 Å². The van der Waals surface area contributed by atoms with E-state index in [1.807, 2.05) is 6.92 Å². The average molecular weight is 322 g/mol. The van der Waals surface area contributed by atoms with Gasteiger partial charge in [0.05, 0.1) is 7.11 Å². The van der Waals surface area contributed by atoms with E-state index in [1.165, 1.54) is 0 Å². The van der Waals surface area contributed by atoms with E-state index in [2.05, 4.69) is 5.32 Å². The van der Waals surface area contributed by atoms with Crippen LogP contribution in [0.1, 0.15) is 38.1 Å². The minimum atomic E-state index is -0.549. The second-order valence-corrected chi connectivity index (χ2v) is 6.46. The van der Waals surface area contributed by atoms with Crippen LogP contribution < -0.4 is 10.1 Å². The van der Waals surface area contributed by atoms with Crippen LogP contribution in [0.3, 0.4) is 0 Å². The van der Waals surface area contributed by atoms with Gasteiger partial charge >= 0.3 is 6.09 Å². The first-order chi connectivity index (χ1) is 10.6. The predicted octanol–water partition coefficient (Wildman–Crippen LogP) is 2.68. The maximum Gasteiger partial charge on any atom is 0.407 e. The highest BCUT2D eigenvalue weighted by Gasteiger charge is 2.20. The largest absolute Gasteiger partial charge is 0.497 e. The number of benzene rings is 1. The highest BCUT2D eigenvalue weighted by atomic mass is 16.6. The second-order valence-electron chi connectivity index (χ2n) is 6.46. The molecule has 1 N–H and O–H groups in total. The van der Waals surface area contributed by atoms with E-state index in [0.29, 0.717) is 17.9 Å². The Kier molecular flexibility index (Phi) is 6.42. The van der Waals surface area contributed by atoms with Crippen molar-refractivity contribution in [3.8, 4) is 5.75 Å². The van der Waals surface area contributed by atoms with Gasteiger partial charge in [-0.05, 0) is 45.9 Å². The number of carbonyl (C=O) groups excluding carboxylic acids is 2. The zero-order valence-corrected chi connectivity index (χ0v) is 14.7. The maximum atomic E-state index is 12.4. The molecule has 2 amide bonds. The van der Waals surface area contributed by atoms with Crippen LogP contribution in [0.25, 0.3) is 0 Å². The Bertz CT molecular complexity index is 552. The fraction of sp³-hybridized carbons (Fsp3) is 0.529. The third kappa shape index (κ3) is 6.59. The molecule has 0 unspecified atom stereocenters. The summed E-state index contributed by atoms with van der Waals surface area (Å²) in [5.41, 5.74) is -0.0112. The molecule has 0 heterocycles. The molecule has 0 radical (unpaired) electrons. The van der Waals surface area contributed by atoms with Crippen molar-refractivity contribution in [2.24, 2.45) is 0 Å². The van der Waals surface area contributed by atoms with Gasteiger partial charge in [0.15, 0.2) is 0 Å². The fourth-order valence-corrected chi connectivity index (χ4v) is 2.02. The quantitative estimate of drug-likeness (QED) is 0.905. The summed E-state index contributed by atoms with van der Waals surface area (Å²) in [4.78, 5) is 25.7. The Morgan fingerprint density at radius 3 is 2.52 bits per heavy atom. The first-order valence-corrected chi connectivity index (χ1v) is 7.51. The zero-order chi connectivity index (χ0) is 17.6. The number of likely N-dealkylation sites (N-methyl/N-ethyl adjacent to an activating group) is 1. The van der Waals surface area contributed by atoms with Gasteiger partial charge in [-0.1, -0.05) is 6.07 Å². The minimum absolute atomic E-state index is 0.137. The summed E-state index contributed by atoms with van der Waals surface area (Å²) in [6.07, 6.45) is -0.493. The van der Waals surface area contributed by atoms with Gasteiger partial charge < -0.3 is 19.7 Å². The third-order valence-corrected chi connectivity index (χ3v) is 2.97.